The van der Waals surface area contributed by atoms with Crippen LogP contribution in [0.1, 0.15) is 24.2 Å². The predicted octanol–water partition coefficient (Wildman–Crippen LogP) is 3.32. The Kier molecular flexibility index (Phi) is 4.71. The van der Waals surface area contributed by atoms with Gasteiger partial charge in [0.1, 0.15) is 0 Å². The van der Waals surface area contributed by atoms with Gasteiger partial charge >= 0.3 is 5.97 Å². The Labute approximate surface area is 118 Å². The van der Waals surface area contributed by atoms with Crippen molar-refractivity contribution in [3.63, 3.8) is 0 Å². The first-order valence-corrected chi connectivity index (χ1v) is 6.61. The summed E-state index contributed by atoms with van der Waals surface area (Å²) < 4.78 is 10.3. The van der Waals surface area contributed by atoms with Gasteiger partial charge in [0, 0.05) is 17.8 Å². The van der Waals surface area contributed by atoms with Crippen molar-refractivity contribution in [3.8, 4) is 17.0 Å². The fraction of sp³-hybridized carbons (Fsp3) is 0.250. The van der Waals surface area contributed by atoms with Crippen molar-refractivity contribution in [1.29, 1.82) is 0 Å². The van der Waals surface area contributed by atoms with Gasteiger partial charge in [0.15, 0.2) is 0 Å². The molecule has 1 heterocycles. The van der Waals surface area contributed by atoms with Gasteiger partial charge in [-0.1, -0.05) is 12.1 Å². The molecule has 0 bridgehead atoms. The van der Waals surface area contributed by atoms with Gasteiger partial charge in [0.2, 0.25) is 5.88 Å². The third kappa shape index (κ3) is 3.35. The Bertz CT molecular complexity index is 579. The molecule has 2 aromatic rings. The fourth-order valence-corrected chi connectivity index (χ4v) is 1.82. The monoisotopic (exact) mass is 271 g/mol. The van der Waals surface area contributed by atoms with Crippen LogP contribution in [0.25, 0.3) is 11.1 Å². The Morgan fingerprint density at radius 3 is 2.60 bits per heavy atom. The first-order valence-electron chi connectivity index (χ1n) is 6.61. The summed E-state index contributed by atoms with van der Waals surface area (Å²) in [6, 6.07) is 11.0. The molecule has 0 saturated heterocycles. The molecule has 1 aromatic carbocycles. The summed E-state index contributed by atoms with van der Waals surface area (Å²) >= 11 is 0. The van der Waals surface area contributed by atoms with E-state index in [0.717, 1.165) is 11.1 Å². The standard InChI is InChI=1S/C16H17NO3/c1-3-19-15-9-8-14(11-17-15)12-6-5-7-13(10-12)16(18)20-4-2/h5-11H,3-4H2,1-2H3. The number of esters is 1. The smallest absolute Gasteiger partial charge is 0.338 e. The third-order valence-electron chi connectivity index (χ3n) is 2.74. The average Bonchev–Trinajstić information content (AvgIpc) is 2.49. The molecule has 0 aliphatic heterocycles. The molecule has 0 amide bonds. The van der Waals surface area contributed by atoms with Gasteiger partial charge in [0.05, 0.1) is 18.8 Å². The molecule has 20 heavy (non-hydrogen) atoms. The highest BCUT2D eigenvalue weighted by molar-refractivity contribution is 5.91. The topological polar surface area (TPSA) is 48.4 Å². The van der Waals surface area contributed by atoms with Crippen molar-refractivity contribution in [2.45, 2.75) is 13.8 Å². The summed E-state index contributed by atoms with van der Waals surface area (Å²) in [6.07, 6.45) is 1.73. The van der Waals surface area contributed by atoms with Gasteiger partial charge in [-0.2, -0.15) is 0 Å². The van der Waals surface area contributed by atoms with Gasteiger partial charge in [-0.15, -0.1) is 0 Å². The molecule has 1 aromatic heterocycles. The number of rotatable bonds is 5. The van der Waals surface area contributed by atoms with Gasteiger partial charge in [0.25, 0.3) is 0 Å². The lowest BCUT2D eigenvalue weighted by Gasteiger charge is -2.06. The van der Waals surface area contributed by atoms with Crippen LogP contribution in [-0.2, 0) is 4.74 Å². The number of hydrogen-bond donors (Lipinski definition) is 0. The Morgan fingerprint density at radius 1 is 1.10 bits per heavy atom. The number of pyridine rings is 1. The number of carbonyl (C=O) groups excluding carboxylic acids is 1. The van der Waals surface area contributed by atoms with Crippen molar-refractivity contribution >= 4 is 5.97 Å². The highest BCUT2D eigenvalue weighted by Crippen LogP contribution is 2.21. The molecule has 0 atom stereocenters. The lowest BCUT2D eigenvalue weighted by molar-refractivity contribution is 0.0526. The lowest BCUT2D eigenvalue weighted by atomic mass is 10.0. The molecule has 0 aliphatic carbocycles. The van der Waals surface area contributed by atoms with E-state index < -0.39 is 0 Å². The number of ether oxygens (including phenoxy) is 2. The van der Waals surface area contributed by atoms with E-state index in [4.69, 9.17) is 9.47 Å². The normalized spacial score (nSPS) is 10.1. The van der Waals surface area contributed by atoms with E-state index in [-0.39, 0.29) is 5.97 Å². The summed E-state index contributed by atoms with van der Waals surface area (Å²) in [5.41, 5.74) is 2.39. The number of benzene rings is 1. The number of carbonyl (C=O) groups is 1. The summed E-state index contributed by atoms with van der Waals surface area (Å²) in [5, 5.41) is 0. The SMILES string of the molecule is CCOC(=O)c1cccc(-c2ccc(OCC)nc2)c1. The first kappa shape index (κ1) is 14.1. The molecule has 0 saturated carbocycles. The minimum atomic E-state index is -0.312. The van der Waals surface area contributed by atoms with E-state index in [1.165, 1.54) is 0 Å². The number of aromatic nitrogens is 1. The van der Waals surface area contributed by atoms with Crippen molar-refractivity contribution in [3.05, 3.63) is 48.2 Å². The maximum Gasteiger partial charge on any atom is 0.338 e. The molecule has 0 spiro atoms. The van der Waals surface area contributed by atoms with Crippen LogP contribution in [0.2, 0.25) is 0 Å². The minimum absolute atomic E-state index is 0.312. The molecule has 0 N–H and O–H groups in total. The first-order chi connectivity index (χ1) is 9.74. The van der Waals surface area contributed by atoms with Crippen molar-refractivity contribution in [2.24, 2.45) is 0 Å². The molecule has 2 rings (SSSR count). The van der Waals surface area contributed by atoms with E-state index in [9.17, 15) is 4.79 Å². The zero-order valence-electron chi connectivity index (χ0n) is 11.6. The van der Waals surface area contributed by atoms with Crippen molar-refractivity contribution in [2.75, 3.05) is 13.2 Å². The Hall–Kier alpha value is -2.36. The van der Waals surface area contributed by atoms with E-state index in [1.807, 2.05) is 31.2 Å². The van der Waals surface area contributed by atoms with E-state index in [2.05, 4.69) is 4.98 Å². The zero-order valence-corrected chi connectivity index (χ0v) is 11.6. The fourth-order valence-electron chi connectivity index (χ4n) is 1.82. The summed E-state index contributed by atoms with van der Waals surface area (Å²) in [5.74, 6) is 0.283. The second-order valence-electron chi connectivity index (χ2n) is 4.12. The number of nitrogens with zero attached hydrogens (tertiary/aromatic N) is 1. The zero-order chi connectivity index (χ0) is 14.4. The Balaban J connectivity index is 2.24. The summed E-state index contributed by atoms with van der Waals surface area (Å²) in [6.45, 7) is 4.66. The van der Waals surface area contributed by atoms with Crippen LogP contribution in [0.15, 0.2) is 42.6 Å². The third-order valence-corrected chi connectivity index (χ3v) is 2.74. The van der Waals surface area contributed by atoms with Crippen LogP contribution in [0.4, 0.5) is 0 Å². The summed E-state index contributed by atoms with van der Waals surface area (Å²) in [4.78, 5) is 15.9. The van der Waals surface area contributed by atoms with Crippen LogP contribution in [-0.4, -0.2) is 24.2 Å². The largest absolute Gasteiger partial charge is 0.478 e. The number of hydrogen-bond acceptors (Lipinski definition) is 4. The van der Waals surface area contributed by atoms with Gasteiger partial charge < -0.3 is 9.47 Å². The molecule has 0 radical (unpaired) electrons. The molecule has 104 valence electrons. The molecular formula is C16H17NO3. The molecule has 0 unspecified atom stereocenters. The quantitative estimate of drug-likeness (QED) is 0.783. The van der Waals surface area contributed by atoms with E-state index in [1.54, 1.807) is 25.3 Å². The summed E-state index contributed by atoms with van der Waals surface area (Å²) in [7, 11) is 0. The van der Waals surface area contributed by atoms with Gasteiger partial charge in [-0.25, -0.2) is 9.78 Å². The van der Waals surface area contributed by atoms with Crippen LogP contribution >= 0.6 is 0 Å². The maximum absolute atomic E-state index is 11.7. The molecule has 0 aliphatic rings. The highest BCUT2D eigenvalue weighted by Gasteiger charge is 2.08. The molecular weight excluding hydrogens is 254 g/mol. The molecule has 0 fully saturated rings. The van der Waals surface area contributed by atoms with Crippen LogP contribution in [0, 0.1) is 0 Å². The van der Waals surface area contributed by atoms with Crippen molar-refractivity contribution in [1.82, 2.24) is 4.98 Å². The minimum Gasteiger partial charge on any atom is -0.478 e. The molecule has 4 nitrogen and oxygen atoms in total. The van der Waals surface area contributed by atoms with E-state index >= 15 is 0 Å². The predicted molar refractivity (Wildman–Crippen MR) is 76.8 cm³/mol. The maximum atomic E-state index is 11.7. The lowest BCUT2D eigenvalue weighted by Crippen LogP contribution is -2.04. The second kappa shape index (κ2) is 6.70. The van der Waals surface area contributed by atoms with Gasteiger partial charge in [-0.05, 0) is 37.6 Å². The highest BCUT2D eigenvalue weighted by atomic mass is 16.5. The van der Waals surface area contributed by atoms with Crippen LogP contribution in [0.5, 0.6) is 5.88 Å². The molecule has 4 heteroatoms. The van der Waals surface area contributed by atoms with Crippen LogP contribution < -0.4 is 4.74 Å². The average molecular weight is 271 g/mol. The van der Waals surface area contributed by atoms with Crippen molar-refractivity contribution < 1.29 is 14.3 Å². The van der Waals surface area contributed by atoms with Gasteiger partial charge in [-0.3, -0.25) is 0 Å². The van der Waals surface area contributed by atoms with E-state index in [0.29, 0.717) is 24.7 Å². The van der Waals surface area contributed by atoms with Crippen LogP contribution in [0.3, 0.4) is 0 Å². The second-order valence-corrected chi connectivity index (χ2v) is 4.12. The Morgan fingerprint density at radius 2 is 1.95 bits per heavy atom.